The third-order valence-electron chi connectivity index (χ3n) is 7.82. The molecule has 1 fully saturated rings. The van der Waals surface area contributed by atoms with Gasteiger partial charge in [-0.15, -0.1) is 0 Å². The number of nitrogens with zero attached hydrogens (tertiary/aromatic N) is 2. The molecule has 7 heteroatoms. The van der Waals surface area contributed by atoms with E-state index in [-0.39, 0.29) is 18.6 Å². The Labute approximate surface area is 228 Å². The van der Waals surface area contributed by atoms with Crippen LogP contribution in [0, 0.1) is 0 Å². The van der Waals surface area contributed by atoms with Crippen LogP contribution in [0.4, 0.5) is 0 Å². The van der Waals surface area contributed by atoms with Crippen LogP contribution in [0.1, 0.15) is 41.5 Å². The van der Waals surface area contributed by atoms with Gasteiger partial charge in [0.25, 0.3) is 0 Å². The number of hydrogen-bond donors (Lipinski definition) is 1. The summed E-state index contributed by atoms with van der Waals surface area (Å²) in [6, 6.07) is 20.4. The molecular formula is C31H32ClN3O3. The van der Waals surface area contributed by atoms with Gasteiger partial charge in [-0.2, -0.15) is 0 Å². The highest BCUT2D eigenvalue weighted by atomic mass is 35.5. The number of hydrogen-bond acceptors (Lipinski definition) is 4. The van der Waals surface area contributed by atoms with Gasteiger partial charge in [-0.3, -0.25) is 9.69 Å². The predicted octanol–water partition coefficient (Wildman–Crippen LogP) is 5.98. The number of H-pyrrole nitrogens is 1. The number of aryl methyl sites for hydroxylation is 1. The largest absolute Gasteiger partial charge is 0.454 e. The molecule has 3 aromatic carbocycles. The van der Waals surface area contributed by atoms with Gasteiger partial charge in [0.2, 0.25) is 12.7 Å². The van der Waals surface area contributed by atoms with Gasteiger partial charge in [0, 0.05) is 67.2 Å². The van der Waals surface area contributed by atoms with Crippen molar-refractivity contribution >= 4 is 28.4 Å². The second-order valence-corrected chi connectivity index (χ2v) is 10.5. The van der Waals surface area contributed by atoms with Crippen molar-refractivity contribution in [2.24, 2.45) is 0 Å². The van der Waals surface area contributed by atoms with Gasteiger partial charge in [0.15, 0.2) is 11.5 Å². The number of carbonyl (C=O) groups excluding carboxylic acids is 1. The maximum absolute atomic E-state index is 13.7. The number of aromatic amines is 1. The van der Waals surface area contributed by atoms with Crippen LogP contribution in [0.3, 0.4) is 0 Å². The minimum atomic E-state index is -0.122. The second-order valence-electron chi connectivity index (χ2n) is 10.1. The molecule has 2 aliphatic rings. The number of amides is 1. The highest BCUT2D eigenvalue weighted by Crippen LogP contribution is 2.38. The molecule has 1 atom stereocenters. The zero-order valence-corrected chi connectivity index (χ0v) is 22.3. The Morgan fingerprint density at radius 3 is 2.61 bits per heavy atom. The lowest BCUT2D eigenvalue weighted by Crippen LogP contribution is -2.48. The molecule has 0 saturated carbocycles. The molecule has 3 heterocycles. The van der Waals surface area contributed by atoms with E-state index in [9.17, 15) is 4.79 Å². The van der Waals surface area contributed by atoms with Crippen LogP contribution in [-0.4, -0.2) is 53.7 Å². The van der Waals surface area contributed by atoms with Gasteiger partial charge in [0.1, 0.15) is 0 Å². The molecule has 2 aliphatic heterocycles. The van der Waals surface area contributed by atoms with Crippen LogP contribution < -0.4 is 9.47 Å². The molecule has 0 aliphatic carbocycles. The van der Waals surface area contributed by atoms with Crippen molar-refractivity contribution in [1.29, 1.82) is 0 Å². The number of halogens is 1. The first kappa shape index (κ1) is 24.8. The van der Waals surface area contributed by atoms with Crippen molar-refractivity contribution in [3.05, 3.63) is 94.1 Å². The van der Waals surface area contributed by atoms with Crippen molar-refractivity contribution in [2.75, 3.05) is 33.0 Å². The summed E-state index contributed by atoms with van der Waals surface area (Å²) >= 11 is 6.69. The monoisotopic (exact) mass is 529 g/mol. The number of nitrogens with one attached hydrogen (secondary N) is 1. The lowest BCUT2D eigenvalue weighted by atomic mass is 9.87. The number of para-hydroxylation sites is 1. The molecule has 196 valence electrons. The van der Waals surface area contributed by atoms with Crippen molar-refractivity contribution in [2.45, 2.75) is 32.2 Å². The zero-order valence-electron chi connectivity index (χ0n) is 21.6. The number of fused-ring (bicyclic) bond motifs is 2. The molecule has 1 N–H and O–H groups in total. The Morgan fingerprint density at radius 2 is 1.79 bits per heavy atom. The predicted molar refractivity (Wildman–Crippen MR) is 150 cm³/mol. The highest BCUT2D eigenvalue weighted by Gasteiger charge is 2.28. The number of rotatable bonds is 7. The topological polar surface area (TPSA) is 57.8 Å². The van der Waals surface area contributed by atoms with Crippen molar-refractivity contribution in [3.8, 4) is 11.5 Å². The fourth-order valence-corrected chi connectivity index (χ4v) is 5.99. The molecule has 6 rings (SSSR count). The molecule has 1 unspecified atom stereocenters. The summed E-state index contributed by atoms with van der Waals surface area (Å²) in [4.78, 5) is 21.5. The average Bonchev–Trinajstić information content (AvgIpc) is 3.59. The molecular weight excluding hydrogens is 498 g/mol. The molecule has 38 heavy (non-hydrogen) atoms. The van der Waals surface area contributed by atoms with Gasteiger partial charge in [-0.1, -0.05) is 61.0 Å². The van der Waals surface area contributed by atoms with E-state index >= 15 is 0 Å². The third-order valence-corrected chi connectivity index (χ3v) is 8.16. The first-order chi connectivity index (χ1) is 18.6. The van der Waals surface area contributed by atoms with Gasteiger partial charge < -0.3 is 19.4 Å². The van der Waals surface area contributed by atoms with Gasteiger partial charge in [-0.05, 0) is 46.9 Å². The lowest BCUT2D eigenvalue weighted by Gasteiger charge is -2.35. The van der Waals surface area contributed by atoms with Crippen LogP contribution >= 0.6 is 11.6 Å². The Hall–Kier alpha value is -3.48. The van der Waals surface area contributed by atoms with Gasteiger partial charge in [-0.25, -0.2) is 0 Å². The first-order valence-electron chi connectivity index (χ1n) is 13.3. The molecule has 1 amide bonds. The van der Waals surface area contributed by atoms with Crippen molar-refractivity contribution in [1.82, 2.24) is 14.8 Å². The molecule has 0 radical (unpaired) electrons. The van der Waals surface area contributed by atoms with Crippen LogP contribution in [-0.2, 0) is 17.8 Å². The maximum Gasteiger partial charge on any atom is 0.231 e. The Bertz CT molecular complexity index is 1460. The van der Waals surface area contributed by atoms with Crippen LogP contribution in [0.2, 0.25) is 5.02 Å². The van der Waals surface area contributed by atoms with E-state index in [0.717, 1.165) is 59.6 Å². The molecule has 0 spiro atoms. The smallest absolute Gasteiger partial charge is 0.231 e. The Balaban J connectivity index is 1.17. The summed E-state index contributed by atoms with van der Waals surface area (Å²) in [5.41, 5.74) is 5.73. The minimum absolute atomic E-state index is 0.122. The van der Waals surface area contributed by atoms with E-state index in [1.165, 1.54) is 11.1 Å². The number of ether oxygens (including phenoxy) is 2. The molecule has 1 aromatic heterocycles. The minimum Gasteiger partial charge on any atom is -0.454 e. The van der Waals surface area contributed by atoms with Crippen LogP contribution in [0.15, 0.2) is 66.9 Å². The van der Waals surface area contributed by atoms with E-state index in [1.54, 1.807) is 0 Å². The Morgan fingerprint density at radius 1 is 0.974 bits per heavy atom. The number of benzene rings is 3. The maximum atomic E-state index is 13.7. The van der Waals surface area contributed by atoms with E-state index in [4.69, 9.17) is 21.1 Å². The van der Waals surface area contributed by atoms with E-state index in [1.807, 2.05) is 35.2 Å². The summed E-state index contributed by atoms with van der Waals surface area (Å²) in [5.74, 6) is 1.66. The summed E-state index contributed by atoms with van der Waals surface area (Å²) in [6.45, 7) is 6.38. The third kappa shape index (κ3) is 4.86. The molecule has 6 nitrogen and oxygen atoms in total. The fraction of sp³-hybridized carbons (Fsp3) is 0.323. The summed E-state index contributed by atoms with van der Waals surface area (Å²) in [5, 5.41) is 1.86. The van der Waals surface area contributed by atoms with Gasteiger partial charge in [0.05, 0.1) is 0 Å². The molecule has 1 saturated heterocycles. The first-order valence-corrected chi connectivity index (χ1v) is 13.7. The summed E-state index contributed by atoms with van der Waals surface area (Å²) < 4.78 is 10.9. The fourth-order valence-electron chi connectivity index (χ4n) is 5.72. The SMILES string of the molecule is CCc1cccc2c(C(CC(=O)N3CCN(Cc4ccc5c(c4)OCO5)CC3)c3ccccc3Cl)c[nH]c12. The van der Waals surface area contributed by atoms with E-state index in [0.29, 0.717) is 24.5 Å². The summed E-state index contributed by atoms with van der Waals surface area (Å²) in [7, 11) is 0. The normalized spacial score (nSPS) is 16.2. The van der Waals surface area contributed by atoms with Crippen LogP contribution in [0.25, 0.3) is 10.9 Å². The number of piperazine rings is 1. The van der Waals surface area contributed by atoms with E-state index in [2.05, 4.69) is 53.3 Å². The second kappa shape index (κ2) is 10.7. The Kier molecular flexibility index (Phi) is 7.00. The van der Waals surface area contributed by atoms with Crippen molar-refractivity contribution in [3.63, 3.8) is 0 Å². The molecule has 4 aromatic rings. The van der Waals surface area contributed by atoms with Gasteiger partial charge >= 0.3 is 0 Å². The summed E-state index contributed by atoms with van der Waals surface area (Å²) in [6.07, 6.45) is 3.40. The van der Waals surface area contributed by atoms with E-state index < -0.39 is 0 Å². The van der Waals surface area contributed by atoms with Crippen molar-refractivity contribution < 1.29 is 14.3 Å². The number of carbonyl (C=O) groups is 1. The standard InChI is InChI=1S/C31H32ClN3O3/c1-2-22-6-5-8-24-26(18-33-31(22)24)25(23-7-3-4-9-27(23)32)17-30(36)35-14-12-34(13-15-35)19-21-10-11-28-29(16-21)38-20-37-28/h3-11,16,18,25,33H,2,12-15,17,19-20H2,1H3. The van der Waals surface area contributed by atoms with Crippen LogP contribution in [0.5, 0.6) is 11.5 Å². The highest BCUT2D eigenvalue weighted by molar-refractivity contribution is 6.31. The zero-order chi connectivity index (χ0) is 26.1. The average molecular weight is 530 g/mol. The molecule has 0 bridgehead atoms. The quantitative estimate of drug-likeness (QED) is 0.320. The lowest BCUT2D eigenvalue weighted by molar-refractivity contribution is -0.133. The number of aromatic nitrogens is 1.